The van der Waals surface area contributed by atoms with Crippen LogP contribution < -0.4 is 4.57 Å². The standard InChI is InChI=1S/C11H20N2O/c1-4-5-11(14-3)8-10(2)13-7-6-12-9-13/h6-7,9-11H,4-5,8H2,1-3H3/p+1. The maximum Gasteiger partial charge on any atom is 0.241 e. The Morgan fingerprint density at radius 2 is 2.29 bits per heavy atom. The molecule has 0 bridgehead atoms. The largest absolute Gasteiger partial charge is 0.381 e. The van der Waals surface area contributed by atoms with Crippen molar-refractivity contribution in [2.75, 3.05) is 7.11 Å². The van der Waals surface area contributed by atoms with Gasteiger partial charge in [0.2, 0.25) is 6.33 Å². The van der Waals surface area contributed by atoms with Crippen molar-refractivity contribution in [3.63, 3.8) is 0 Å². The maximum absolute atomic E-state index is 5.44. The first-order valence-corrected chi connectivity index (χ1v) is 5.34. The zero-order valence-corrected chi connectivity index (χ0v) is 9.36. The number of hydrogen-bond donors (Lipinski definition) is 1. The van der Waals surface area contributed by atoms with Gasteiger partial charge in [0.15, 0.2) is 0 Å². The Labute approximate surface area is 86.1 Å². The number of aromatic amines is 1. The summed E-state index contributed by atoms with van der Waals surface area (Å²) >= 11 is 0. The molecule has 0 aliphatic carbocycles. The number of rotatable bonds is 6. The third-order valence-corrected chi connectivity index (χ3v) is 2.62. The minimum atomic E-state index is 0.386. The van der Waals surface area contributed by atoms with Crippen LogP contribution in [0.3, 0.4) is 0 Å². The predicted molar refractivity (Wildman–Crippen MR) is 56.0 cm³/mol. The molecule has 0 spiro atoms. The minimum absolute atomic E-state index is 0.386. The molecule has 3 nitrogen and oxygen atoms in total. The second kappa shape index (κ2) is 5.81. The lowest BCUT2D eigenvalue weighted by Gasteiger charge is -2.17. The van der Waals surface area contributed by atoms with Gasteiger partial charge >= 0.3 is 0 Å². The molecule has 1 rings (SSSR count). The Bertz CT molecular complexity index is 233. The smallest absolute Gasteiger partial charge is 0.241 e. The molecule has 2 unspecified atom stereocenters. The van der Waals surface area contributed by atoms with Crippen LogP contribution in [0.2, 0.25) is 0 Å². The second-order valence-electron chi connectivity index (χ2n) is 3.79. The third kappa shape index (κ3) is 3.14. The summed E-state index contributed by atoms with van der Waals surface area (Å²) in [6, 6.07) is 0.498. The van der Waals surface area contributed by atoms with Gasteiger partial charge in [-0.25, -0.2) is 4.57 Å². The van der Waals surface area contributed by atoms with Crippen LogP contribution in [-0.2, 0) is 4.74 Å². The van der Waals surface area contributed by atoms with Crippen molar-refractivity contribution in [1.29, 1.82) is 0 Å². The normalized spacial score (nSPS) is 15.4. The van der Waals surface area contributed by atoms with Crippen molar-refractivity contribution in [1.82, 2.24) is 4.98 Å². The average molecular weight is 197 g/mol. The zero-order chi connectivity index (χ0) is 10.4. The molecule has 80 valence electrons. The molecule has 1 aromatic rings. The quantitative estimate of drug-likeness (QED) is 0.695. The summed E-state index contributed by atoms with van der Waals surface area (Å²) in [7, 11) is 1.80. The van der Waals surface area contributed by atoms with Gasteiger partial charge in [-0.2, -0.15) is 0 Å². The topological polar surface area (TPSA) is 28.9 Å². The highest BCUT2D eigenvalue weighted by Crippen LogP contribution is 2.12. The molecule has 1 N–H and O–H groups in total. The van der Waals surface area contributed by atoms with Crippen molar-refractivity contribution in [2.45, 2.75) is 45.3 Å². The molecule has 14 heavy (non-hydrogen) atoms. The second-order valence-corrected chi connectivity index (χ2v) is 3.79. The highest BCUT2D eigenvalue weighted by molar-refractivity contribution is 4.62. The number of imidazole rings is 1. The molecule has 0 saturated heterocycles. The Kier molecular flexibility index (Phi) is 4.66. The van der Waals surface area contributed by atoms with E-state index < -0.39 is 0 Å². The Hall–Kier alpha value is -0.830. The van der Waals surface area contributed by atoms with Gasteiger partial charge < -0.3 is 4.74 Å². The lowest BCUT2D eigenvalue weighted by Crippen LogP contribution is -2.37. The van der Waals surface area contributed by atoms with Crippen molar-refractivity contribution >= 4 is 0 Å². The van der Waals surface area contributed by atoms with E-state index in [1.54, 1.807) is 7.11 Å². The summed E-state index contributed by atoms with van der Waals surface area (Å²) in [4.78, 5) is 3.06. The molecular formula is C11H21N2O+. The third-order valence-electron chi connectivity index (χ3n) is 2.62. The van der Waals surface area contributed by atoms with Crippen LogP contribution in [0.15, 0.2) is 18.7 Å². The molecule has 0 aliphatic rings. The fourth-order valence-electron chi connectivity index (χ4n) is 1.73. The Morgan fingerprint density at radius 1 is 1.50 bits per heavy atom. The van der Waals surface area contributed by atoms with E-state index in [2.05, 4.69) is 29.6 Å². The van der Waals surface area contributed by atoms with E-state index in [4.69, 9.17) is 4.74 Å². The van der Waals surface area contributed by atoms with Crippen molar-refractivity contribution < 1.29 is 9.30 Å². The average Bonchev–Trinajstić information content (AvgIpc) is 2.69. The van der Waals surface area contributed by atoms with Gasteiger partial charge in [0.05, 0.1) is 6.10 Å². The van der Waals surface area contributed by atoms with Crippen LogP contribution in [0.25, 0.3) is 0 Å². The van der Waals surface area contributed by atoms with Crippen molar-refractivity contribution in [3.8, 4) is 0 Å². The van der Waals surface area contributed by atoms with Crippen LogP contribution in [0.1, 0.15) is 39.2 Å². The minimum Gasteiger partial charge on any atom is -0.381 e. The van der Waals surface area contributed by atoms with Gasteiger partial charge in [-0.15, -0.1) is 0 Å². The summed E-state index contributed by atoms with van der Waals surface area (Å²) < 4.78 is 7.62. The summed E-state index contributed by atoms with van der Waals surface area (Å²) in [6.45, 7) is 4.41. The number of hydrogen-bond acceptors (Lipinski definition) is 1. The number of aromatic nitrogens is 2. The number of ether oxygens (including phenoxy) is 1. The molecule has 0 amide bonds. The monoisotopic (exact) mass is 197 g/mol. The van der Waals surface area contributed by atoms with Crippen molar-refractivity contribution in [3.05, 3.63) is 18.7 Å². The van der Waals surface area contributed by atoms with E-state index in [-0.39, 0.29) is 0 Å². The summed E-state index contributed by atoms with van der Waals surface area (Å²) in [5.41, 5.74) is 0. The van der Waals surface area contributed by atoms with Crippen LogP contribution >= 0.6 is 0 Å². The molecule has 1 heterocycles. The highest BCUT2D eigenvalue weighted by atomic mass is 16.5. The zero-order valence-electron chi connectivity index (χ0n) is 9.36. The van der Waals surface area contributed by atoms with E-state index in [0.717, 1.165) is 12.8 Å². The molecule has 0 radical (unpaired) electrons. The van der Waals surface area contributed by atoms with Gasteiger partial charge in [-0.3, -0.25) is 4.98 Å². The summed E-state index contributed by atoms with van der Waals surface area (Å²) in [5, 5.41) is 0. The van der Waals surface area contributed by atoms with Crippen LogP contribution in [0.4, 0.5) is 0 Å². The fraction of sp³-hybridized carbons (Fsp3) is 0.727. The van der Waals surface area contributed by atoms with Crippen LogP contribution in [0, 0.1) is 0 Å². The predicted octanol–water partition coefficient (Wildman–Crippen LogP) is 2.07. The molecule has 0 aromatic carbocycles. The first-order chi connectivity index (χ1) is 6.77. The number of nitrogens with zero attached hydrogens (tertiary/aromatic N) is 1. The van der Waals surface area contributed by atoms with Crippen molar-refractivity contribution in [2.24, 2.45) is 0 Å². The fourth-order valence-corrected chi connectivity index (χ4v) is 1.73. The molecule has 2 atom stereocenters. The first-order valence-electron chi connectivity index (χ1n) is 5.34. The lowest BCUT2D eigenvalue weighted by molar-refractivity contribution is -0.720. The van der Waals surface area contributed by atoms with Gasteiger partial charge in [0.25, 0.3) is 0 Å². The Morgan fingerprint density at radius 3 is 2.79 bits per heavy atom. The number of methoxy groups -OCH3 is 1. The van der Waals surface area contributed by atoms with Gasteiger partial charge in [-0.1, -0.05) is 13.3 Å². The SMILES string of the molecule is CCCC(CC(C)[n+]1cc[nH]c1)OC. The lowest BCUT2D eigenvalue weighted by atomic mass is 10.1. The summed E-state index contributed by atoms with van der Waals surface area (Å²) in [5.74, 6) is 0. The van der Waals surface area contributed by atoms with Crippen LogP contribution in [0.5, 0.6) is 0 Å². The molecule has 0 fully saturated rings. The summed E-state index contributed by atoms with van der Waals surface area (Å²) in [6.07, 6.45) is 9.78. The van der Waals surface area contributed by atoms with Gasteiger partial charge in [-0.05, 0) is 13.3 Å². The van der Waals surface area contributed by atoms with E-state index in [1.807, 2.05) is 12.5 Å². The van der Waals surface area contributed by atoms with E-state index in [1.165, 1.54) is 6.42 Å². The highest BCUT2D eigenvalue weighted by Gasteiger charge is 2.15. The van der Waals surface area contributed by atoms with Gasteiger partial charge in [0.1, 0.15) is 18.4 Å². The number of H-pyrrole nitrogens is 1. The maximum atomic E-state index is 5.44. The van der Waals surface area contributed by atoms with Crippen LogP contribution in [-0.4, -0.2) is 18.2 Å². The molecule has 0 saturated carbocycles. The van der Waals surface area contributed by atoms with E-state index >= 15 is 0 Å². The molecule has 3 heteroatoms. The molecule has 0 aliphatic heterocycles. The molecular weight excluding hydrogens is 176 g/mol. The van der Waals surface area contributed by atoms with E-state index in [0.29, 0.717) is 12.1 Å². The van der Waals surface area contributed by atoms with E-state index in [9.17, 15) is 0 Å². The first kappa shape index (κ1) is 11.2. The molecule has 1 aromatic heterocycles. The number of nitrogens with one attached hydrogen (secondary N) is 1. The van der Waals surface area contributed by atoms with Gasteiger partial charge in [0, 0.05) is 13.5 Å². The Balaban J connectivity index is 2.42.